The molecule has 2 nitrogen and oxygen atoms in total. The molecule has 1 aromatic rings. The Kier molecular flexibility index (Phi) is 0.649. The van der Waals surface area contributed by atoms with Gasteiger partial charge in [0.25, 0.3) is 0 Å². The molecule has 1 aliphatic rings. The molecule has 12 heavy (non-hydrogen) atoms. The van der Waals surface area contributed by atoms with E-state index in [9.17, 15) is 0 Å². The van der Waals surface area contributed by atoms with E-state index in [0.29, 0.717) is 0 Å². The van der Waals surface area contributed by atoms with E-state index in [1.54, 1.807) is 0 Å². The molecule has 0 amide bonds. The molecule has 64 valence electrons. The van der Waals surface area contributed by atoms with Crippen LogP contribution < -0.4 is 4.90 Å². The van der Waals surface area contributed by atoms with Crippen LogP contribution >= 0.6 is 15.9 Å². The minimum atomic E-state index is -3.27. The van der Waals surface area contributed by atoms with Crippen LogP contribution in [-0.2, 0) is 0 Å². The lowest BCUT2D eigenvalue weighted by Crippen LogP contribution is -2.18. The van der Waals surface area contributed by atoms with Gasteiger partial charge in [0, 0.05) is 34.6 Å². The van der Waals surface area contributed by atoms with Crippen molar-refractivity contribution in [3.8, 4) is 0 Å². The molecule has 0 atom stereocenters. The zero-order chi connectivity index (χ0) is 18.2. The van der Waals surface area contributed by atoms with E-state index in [0.717, 1.165) is 0 Å². The molecule has 1 aliphatic heterocycles. The topological polar surface area (TPSA) is 16.1 Å². The van der Waals surface area contributed by atoms with Crippen LogP contribution in [0.15, 0.2) is 22.7 Å². The number of nitrogens with zero attached hydrogens (tertiary/aromatic N) is 2. The van der Waals surface area contributed by atoms with E-state index < -0.39 is 49.8 Å². The lowest BCUT2D eigenvalue weighted by molar-refractivity contribution is 0.936. The fourth-order valence-electron chi connectivity index (χ4n) is 0.676. The third kappa shape index (κ3) is 1.61. The molecule has 1 saturated heterocycles. The van der Waals surface area contributed by atoms with Crippen LogP contribution in [0.3, 0.4) is 0 Å². The second kappa shape index (κ2) is 3.44. The minimum Gasteiger partial charge on any atom is -0.357 e. The number of rotatable bonds is 1. The third-order valence-electron chi connectivity index (χ3n) is 1.15. The number of anilines is 1. The molecule has 2 rings (SSSR count). The average Bonchev–Trinajstić information content (AvgIpc) is 2.47. The molecule has 3 heteroatoms. The van der Waals surface area contributed by atoms with Crippen molar-refractivity contribution < 1.29 is 15.1 Å². The van der Waals surface area contributed by atoms with Crippen LogP contribution in [0.5, 0.6) is 0 Å². The standard InChI is InChI=1S/C9H11BrN2/c10-8-3-4-9(11-7-8)12-5-1-2-6-12/h3-4,7H,1-2,5-6H2/i1D2,2D2,3D,4D,5D2,6D2,7D. The first-order valence-corrected chi connectivity index (χ1v) is 3.85. The Labute approximate surface area is 96.2 Å². The van der Waals surface area contributed by atoms with Crippen molar-refractivity contribution in [1.82, 2.24) is 4.98 Å². The van der Waals surface area contributed by atoms with Crippen LogP contribution in [0.1, 0.15) is 27.8 Å². The Hall–Kier alpha value is -0.570. The van der Waals surface area contributed by atoms with Gasteiger partial charge in [-0.05, 0) is 40.8 Å². The zero-order valence-electron chi connectivity index (χ0n) is 16.8. The first kappa shape index (κ1) is 2.27. The second-order valence-electron chi connectivity index (χ2n) is 1.92. The molecule has 0 radical (unpaired) electrons. The summed E-state index contributed by atoms with van der Waals surface area (Å²) < 4.78 is 85.2. The Morgan fingerprint density at radius 1 is 1.50 bits per heavy atom. The van der Waals surface area contributed by atoms with Gasteiger partial charge in [-0.15, -0.1) is 0 Å². The van der Waals surface area contributed by atoms with Gasteiger partial charge in [-0.25, -0.2) is 4.98 Å². The molecule has 1 aromatic heterocycles. The molecule has 2 heterocycles. The van der Waals surface area contributed by atoms with Crippen molar-refractivity contribution in [2.24, 2.45) is 0 Å². The van der Waals surface area contributed by atoms with Gasteiger partial charge in [0.15, 0.2) is 0 Å². The minimum absolute atomic E-state index is 0.0743. The van der Waals surface area contributed by atoms with Crippen molar-refractivity contribution in [3.05, 3.63) is 22.7 Å². The van der Waals surface area contributed by atoms with Crippen LogP contribution in [0.25, 0.3) is 0 Å². The smallest absolute Gasteiger partial charge is 0.128 e. The van der Waals surface area contributed by atoms with E-state index in [1.165, 1.54) is 0 Å². The van der Waals surface area contributed by atoms with Gasteiger partial charge >= 0.3 is 0 Å². The van der Waals surface area contributed by atoms with Gasteiger partial charge < -0.3 is 4.90 Å². The predicted molar refractivity (Wildman–Crippen MR) is 53.4 cm³/mol. The number of aromatic nitrogens is 1. The van der Waals surface area contributed by atoms with Crippen molar-refractivity contribution >= 4 is 21.7 Å². The fourth-order valence-corrected chi connectivity index (χ4v) is 0.864. The van der Waals surface area contributed by atoms with E-state index in [2.05, 4.69) is 20.9 Å². The van der Waals surface area contributed by atoms with Gasteiger partial charge in [0.2, 0.25) is 0 Å². The first-order chi connectivity index (χ1) is 10.1. The lowest BCUT2D eigenvalue weighted by atomic mass is 10.4. The van der Waals surface area contributed by atoms with Crippen molar-refractivity contribution in [1.29, 1.82) is 0 Å². The maximum Gasteiger partial charge on any atom is 0.128 e. The third-order valence-corrected chi connectivity index (χ3v) is 1.53. The van der Waals surface area contributed by atoms with E-state index in [1.807, 2.05) is 0 Å². The SMILES string of the molecule is [2H]c1nc(N2C([2H])([2H])C([2H])([2H])C([2H])([2H])C2([2H])[2H])c([2H])c([2H])c1Br. The Balaban J connectivity index is 2.83. The van der Waals surface area contributed by atoms with E-state index >= 15 is 0 Å². The summed E-state index contributed by atoms with van der Waals surface area (Å²) in [4.78, 5) is 3.64. The summed E-state index contributed by atoms with van der Waals surface area (Å²) in [5, 5.41) is 0. The molecule has 0 saturated carbocycles. The second-order valence-corrected chi connectivity index (χ2v) is 2.71. The largest absolute Gasteiger partial charge is 0.357 e. The maximum atomic E-state index is 7.87. The summed E-state index contributed by atoms with van der Waals surface area (Å²) in [5.41, 5.74) is 0. The molecule has 0 unspecified atom stereocenters. The van der Waals surface area contributed by atoms with Crippen LogP contribution in [0.2, 0.25) is 0 Å². The van der Waals surface area contributed by atoms with Crippen molar-refractivity contribution in [3.63, 3.8) is 0 Å². The van der Waals surface area contributed by atoms with E-state index in [-0.39, 0.29) is 9.37 Å². The predicted octanol–water partition coefficient (Wildman–Crippen LogP) is 2.44. The highest BCUT2D eigenvalue weighted by atomic mass is 79.9. The molecule has 0 N–H and O–H groups in total. The summed E-state index contributed by atoms with van der Waals surface area (Å²) in [7, 11) is 0. The summed E-state index contributed by atoms with van der Waals surface area (Å²) >= 11 is 2.86. The van der Waals surface area contributed by atoms with Crippen LogP contribution in [-0.4, -0.2) is 18.0 Å². The fraction of sp³-hybridized carbons (Fsp3) is 0.444. The van der Waals surface area contributed by atoms with Crippen LogP contribution in [0.4, 0.5) is 5.82 Å². The number of pyridine rings is 1. The highest BCUT2D eigenvalue weighted by Crippen LogP contribution is 2.18. The molecule has 0 aliphatic carbocycles. The van der Waals surface area contributed by atoms with Crippen molar-refractivity contribution in [2.45, 2.75) is 12.7 Å². The highest BCUT2D eigenvalue weighted by Gasteiger charge is 2.12. The summed E-state index contributed by atoms with van der Waals surface area (Å²) in [5.74, 6) is -0.802. The Morgan fingerprint density at radius 3 is 3.00 bits per heavy atom. The average molecular weight is 238 g/mol. The van der Waals surface area contributed by atoms with Gasteiger partial charge in [0.05, 0.1) is 4.11 Å². The Morgan fingerprint density at radius 2 is 2.25 bits per heavy atom. The molecule has 1 fully saturated rings. The highest BCUT2D eigenvalue weighted by molar-refractivity contribution is 9.10. The van der Waals surface area contributed by atoms with Crippen molar-refractivity contribution in [2.75, 3.05) is 17.9 Å². The lowest BCUT2D eigenvalue weighted by Gasteiger charge is -2.15. The normalized spacial score (nSPS) is 47.1. The number of halogens is 1. The Bertz CT molecular complexity index is 648. The summed E-state index contributed by atoms with van der Waals surface area (Å²) in [6.07, 6.45) is -7.11. The summed E-state index contributed by atoms with van der Waals surface area (Å²) in [6, 6.07) is -1.30. The first-order valence-electron chi connectivity index (χ1n) is 8.56. The molecular formula is C9H11BrN2. The van der Waals surface area contributed by atoms with Gasteiger partial charge in [-0.3, -0.25) is 0 Å². The molecule has 0 bridgehead atoms. The van der Waals surface area contributed by atoms with Crippen LogP contribution in [0, 0.1) is 0 Å². The number of hydrogen-bond donors (Lipinski definition) is 0. The molecular weight excluding hydrogens is 216 g/mol. The van der Waals surface area contributed by atoms with Gasteiger partial charge in [-0.1, -0.05) is 0 Å². The van der Waals surface area contributed by atoms with Gasteiger partial charge in [0.1, 0.15) is 5.82 Å². The number of hydrogen-bond acceptors (Lipinski definition) is 2. The van der Waals surface area contributed by atoms with Gasteiger partial charge in [-0.2, -0.15) is 0 Å². The van der Waals surface area contributed by atoms with E-state index in [4.69, 9.17) is 15.1 Å². The zero-order valence-corrected chi connectivity index (χ0v) is 7.36. The monoisotopic (exact) mass is 237 g/mol. The maximum absolute atomic E-state index is 7.87. The quantitative estimate of drug-likeness (QED) is 0.747. The summed E-state index contributed by atoms with van der Waals surface area (Å²) in [6.45, 7) is -6.40. The molecule has 0 spiro atoms. The molecule has 0 aromatic carbocycles.